The molecule has 2 aromatic carbocycles. The highest BCUT2D eigenvalue weighted by Gasteiger charge is 2.13. The molecule has 0 aliphatic heterocycles. The van der Waals surface area contributed by atoms with Crippen LogP contribution >= 0.6 is 27.5 Å². The SMILES string of the molecule is Nc1ccc(-c2nc3cccc(Br)c3o2)c(Cl)c1. The van der Waals surface area contributed by atoms with Gasteiger partial charge in [0.15, 0.2) is 5.58 Å². The van der Waals surface area contributed by atoms with Gasteiger partial charge >= 0.3 is 0 Å². The standard InChI is InChI=1S/C13H8BrClN2O/c14-9-2-1-3-11-12(9)18-13(17-11)8-5-4-7(16)6-10(8)15/h1-6H,16H2. The van der Waals surface area contributed by atoms with Crippen molar-refractivity contribution in [3.63, 3.8) is 0 Å². The lowest BCUT2D eigenvalue weighted by atomic mass is 10.2. The monoisotopic (exact) mass is 322 g/mol. The molecule has 3 rings (SSSR count). The van der Waals surface area contributed by atoms with Crippen LogP contribution in [0.25, 0.3) is 22.6 Å². The largest absolute Gasteiger partial charge is 0.435 e. The van der Waals surface area contributed by atoms with E-state index in [4.69, 9.17) is 21.8 Å². The van der Waals surface area contributed by atoms with E-state index in [0.717, 1.165) is 15.6 Å². The van der Waals surface area contributed by atoms with Crippen LogP contribution in [0, 0.1) is 0 Å². The minimum Gasteiger partial charge on any atom is -0.435 e. The second kappa shape index (κ2) is 4.30. The van der Waals surface area contributed by atoms with Crippen molar-refractivity contribution in [3.8, 4) is 11.5 Å². The maximum atomic E-state index is 6.14. The molecule has 0 radical (unpaired) electrons. The minimum absolute atomic E-state index is 0.488. The number of hydrogen-bond acceptors (Lipinski definition) is 3. The van der Waals surface area contributed by atoms with E-state index in [1.807, 2.05) is 18.2 Å². The first kappa shape index (κ1) is 11.6. The summed E-state index contributed by atoms with van der Waals surface area (Å²) in [4.78, 5) is 4.41. The molecule has 0 fully saturated rings. The number of benzene rings is 2. The van der Waals surface area contributed by atoms with Gasteiger partial charge in [-0.3, -0.25) is 0 Å². The smallest absolute Gasteiger partial charge is 0.228 e. The Morgan fingerprint density at radius 2 is 2.06 bits per heavy atom. The minimum atomic E-state index is 0.488. The zero-order valence-electron chi connectivity index (χ0n) is 9.15. The van der Waals surface area contributed by atoms with Gasteiger partial charge in [0.05, 0.1) is 15.1 Å². The number of oxazole rings is 1. The highest BCUT2D eigenvalue weighted by molar-refractivity contribution is 9.10. The zero-order valence-corrected chi connectivity index (χ0v) is 11.5. The van der Waals surface area contributed by atoms with Gasteiger partial charge in [-0.25, -0.2) is 4.98 Å². The molecule has 0 aliphatic rings. The van der Waals surface area contributed by atoms with Crippen LogP contribution in [0.4, 0.5) is 5.69 Å². The summed E-state index contributed by atoms with van der Waals surface area (Å²) in [5.74, 6) is 0.488. The van der Waals surface area contributed by atoms with E-state index in [-0.39, 0.29) is 0 Å². The molecular weight excluding hydrogens is 316 g/mol. The van der Waals surface area contributed by atoms with Crippen molar-refractivity contribution in [2.24, 2.45) is 0 Å². The number of rotatable bonds is 1. The zero-order chi connectivity index (χ0) is 12.7. The number of para-hydroxylation sites is 1. The molecule has 0 bridgehead atoms. The van der Waals surface area contributed by atoms with Gasteiger partial charge in [-0.15, -0.1) is 0 Å². The fourth-order valence-corrected chi connectivity index (χ4v) is 2.44. The van der Waals surface area contributed by atoms with Crippen molar-refractivity contribution < 1.29 is 4.42 Å². The van der Waals surface area contributed by atoms with Gasteiger partial charge < -0.3 is 10.2 Å². The number of nitrogens with two attached hydrogens (primary N) is 1. The molecule has 3 aromatic rings. The van der Waals surface area contributed by atoms with Crippen LogP contribution in [0.1, 0.15) is 0 Å². The Bertz CT molecular complexity index is 739. The van der Waals surface area contributed by atoms with E-state index >= 15 is 0 Å². The van der Waals surface area contributed by atoms with Crippen LogP contribution in [0.3, 0.4) is 0 Å². The molecule has 3 nitrogen and oxygen atoms in total. The number of halogens is 2. The number of fused-ring (bicyclic) bond motifs is 1. The molecular formula is C13H8BrClN2O. The number of anilines is 1. The molecule has 1 aromatic heterocycles. The summed E-state index contributed by atoms with van der Waals surface area (Å²) in [5.41, 5.74) is 8.50. The van der Waals surface area contributed by atoms with E-state index in [1.54, 1.807) is 18.2 Å². The van der Waals surface area contributed by atoms with E-state index in [9.17, 15) is 0 Å². The van der Waals surface area contributed by atoms with Gasteiger partial charge in [-0.05, 0) is 46.3 Å². The van der Waals surface area contributed by atoms with Crippen LogP contribution in [-0.4, -0.2) is 4.98 Å². The van der Waals surface area contributed by atoms with Gasteiger partial charge in [0.25, 0.3) is 0 Å². The lowest BCUT2D eigenvalue weighted by Gasteiger charge is -2.00. The van der Waals surface area contributed by atoms with E-state index < -0.39 is 0 Å². The first-order valence-corrected chi connectivity index (χ1v) is 6.43. The summed E-state index contributed by atoms with van der Waals surface area (Å²) in [6.07, 6.45) is 0. The topological polar surface area (TPSA) is 52.0 Å². The van der Waals surface area contributed by atoms with Crippen molar-refractivity contribution in [2.75, 3.05) is 5.73 Å². The molecule has 1 heterocycles. The molecule has 18 heavy (non-hydrogen) atoms. The second-order valence-electron chi connectivity index (χ2n) is 3.85. The lowest BCUT2D eigenvalue weighted by molar-refractivity contribution is 0.618. The summed E-state index contributed by atoms with van der Waals surface area (Å²) >= 11 is 9.57. The third-order valence-electron chi connectivity index (χ3n) is 2.59. The van der Waals surface area contributed by atoms with Gasteiger partial charge in [0.2, 0.25) is 5.89 Å². The van der Waals surface area contributed by atoms with E-state index in [2.05, 4.69) is 20.9 Å². The van der Waals surface area contributed by atoms with Crippen LogP contribution < -0.4 is 5.73 Å². The van der Waals surface area contributed by atoms with Crippen molar-refractivity contribution in [3.05, 3.63) is 45.9 Å². The summed E-state index contributed by atoms with van der Waals surface area (Å²) in [6, 6.07) is 11.0. The molecule has 5 heteroatoms. The van der Waals surface area contributed by atoms with E-state index in [0.29, 0.717) is 22.2 Å². The highest BCUT2D eigenvalue weighted by Crippen LogP contribution is 2.33. The molecule has 0 saturated heterocycles. The Morgan fingerprint density at radius 3 is 2.78 bits per heavy atom. The fraction of sp³-hybridized carbons (Fsp3) is 0. The number of nitrogen functional groups attached to an aromatic ring is 1. The molecule has 0 unspecified atom stereocenters. The van der Waals surface area contributed by atoms with Gasteiger partial charge in [0, 0.05) is 5.69 Å². The van der Waals surface area contributed by atoms with Crippen molar-refractivity contribution >= 4 is 44.3 Å². The molecule has 0 saturated carbocycles. The Hall–Kier alpha value is -1.52. The third-order valence-corrected chi connectivity index (χ3v) is 3.53. The van der Waals surface area contributed by atoms with Gasteiger partial charge in [-0.2, -0.15) is 0 Å². The Kier molecular flexibility index (Phi) is 2.76. The first-order valence-electron chi connectivity index (χ1n) is 5.25. The maximum absolute atomic E-state index is 6.14. The summed E-state index contributed by atoms with van der Waals surface area (Å²) in [7, 11) is 0. The average Bonchev–Trinajstić information content (AvgIpc) is 2.74. The van der Waals surface area contributed by atoms with Crippen LogP contribution in [0.15, 0.2) is 45.3 Å². The predicted octanol–water partition coefficient (Wildman–Crippen LogP) is 4.49. The fourth-order valence-electron chi connectivity index (χ4n) is 1.74. The average molecular weight is 324 g/mol. The molecule has 0 spiro atoms. The lowest BCUT2D eigenvalue weighted by Crippen LogP contribution is -1.85. The number of aromatic nitrogens is 1. The summed E-state index contributed by atoms with van der Waals surface area (Å²) in [6.45, 7) is 0. The quantitative estimate of drug-likeness (QED) is 0.671. The number of nitrogens with zero attached hydrogens (tertiary/aromatic N) is 1. The summed E-state index contributed by atoms with van der Waals surface area (Å²) in [5, 5.41) is 0.526. The van der Waals surface area contributed by atoms with Crippen LogP contribution in [-0.2, 0) is 0 Å². The van der Waals surface area contributed by atoms with E-state index in [1.165, 1.54) is 0 Å². The number of hydrogen-bond donors (Lipinski definition) is 1. The third kappa shape index (κ3) is 1.87. The van der Waals surface area contributed by atoms with Gasteiger partial charge in [0.1, 0.15) is 5.52 Å². The molecule has 0 aliphatic carbocycles. The molecule has 0 atom stereocenters. The van der Waals surface area contributed by atoms with Crippen molar-refractivity contribution in [2.45, 2.75) is 0 Å². The van der Waals surface area contributed by atoms with Crippen LogP contribution in [0.5, 0.6) is 0 Å². The van der Waals surface area contributed by atoms with Crippen molar-refractivity contribution in [1.29, 1.82) is 0 Å². The Morgan fingerprint density at radius 1 is 1.22 bits per heavy atom. The molecule has 90 valence electrons. The molecule has 0 amide bonds. The first-order chi connectivity index (χ1) is 8.65. The highest BCUT2D eigenvalue weighted by atomic mass is 79.9. The van der Waals surface area contributed by atoms with Crippen molar-refractivity contribution in [1.82, 2.24) is 4.98 Å². The summed E-state index contributed by atoms with van der Waals surface area (Å²) < 4.78 is 6.59. The predicted molar refractivity (Wildman–Crippen MR) is 76.6 cm³/mol. The van der Waals surface area contributed by atoms with Crippen LogP contribution in [0.2, 0.25) is 5.02 Å². The Balaban J connectivity index is 2.23. The normalized spacial score (nSPS) is 11.0. The van der Waals surface area contributed by atoms with Gasteiger partial charge in [-0.1, -0.05) is 17.7 Å². The second-order valence-corrected chi connectivity index (χ2v) is 5.11. The maximum Gasteiger partial charge on any atom is 0.228 e. The molecule has 2 N–H and O–H groups in total. The Labute approximate surface area is 117 Å².